The van der Waals surface area contributed by atoms with Crippen molar-refractivity contribution in [1.29, 1.82) is 0 Å². The summed E-state index contributed by atoms with van der Waals surface area (Å²) in [7, 11) is 0. The Morgan fingerprint density at radius 2 is 1.78 bits per heavy atom. The predicted molar refractivity (Wildman–Crippen MR) is 89.8 cm³/mol. The Morgan fingerprint density at radius 1 is 1.13 bits per heavy atom. The Bertz CT molecular complexity index is 823. The maximum absolute atomic E-state index is 12.6. The van der Waals surface area contributed by atoms with E-state index in [1.54, 1.807) is 24.3 Å². The van der Waals surface area contributed by atoms with Gasteiger partial charge in [0.1, 0.15) is 0 Å². The van der Waals surface area contributed by atoms with Crippen molar-refractivity contribution in [3.05, 3.63) is 80.6 Å². The van der Waals surface area contributed by atoms with E-state index in [1.165, 1.54) is 10.6 Å². The van der Waals surface area contributed by atoms with Crippen molar-refractivity contribution < 1.29 is 4.79 Å². The number of allylic oxidation sites excluding steroid dienone is 2. The molecule has 0 saturated heterocycles. The van der Waals surface area contributed by atoms with Gasteiger partial charge in [-0.3, -0.25) is 19.1 Å². The number of aromatic amines is 1. The fraction of sp³-hybridized carbons (Fsp3) is 0.278. The summed E-state index contributed by atoms with van der Waals surface area (Å²) in [6.07, 6.45) is 5.90. The van der Waals surface area contributed by atoms with E-state index in [9.17, 15) is 14.4 Å². The first-order valence-corrected chi connectivity index (χ1v) is 7.24. The quantitative estimate of drug-likeness (QED) is 0.696. The van der Waals surface area contributed by atoms with Crippen molar-refractivity contribution in [3.63, 3.8) is 0 Å². The number of ketones is 1. The molecule has 1 aromatic carbocycles. The zero-order valence-corrected chi connectivity index (χ0v) is 12.0. The number of nitrogens with one attached hydrogen (secondary N) is 1. The molecule has 1 aliphatic carbocycles. The van der Waals surface area contributed by atoms with Crippen molar-refractivity contribution >= 4 is 5.78 Å². The molecule has 0 aliphatic heterocycles. The van der Waals surface area contributed by atoms with Gasteiger partial charge in [0.15, 0.2) is 0 Å². The van der Waals surface area contributed by atoms with Crippen LogP contribution in [0.3, 0.4) is 0 Å². The molecule has 120 valence electrons. The van der Waals surface area contributed by atoms with Crippen molar-refractivity contribution in [1.82, 2.24) is 9.55 Å². The molecule has 5 nitrogen and oxygen atoms in total. The predicted octanol–water partition coefficient (Wildman–Crippen LogP) is 2.37. The van der Waals surface area contributed by atoms with Gasteiger partial charge in [0.05, 0.1) is 5.69 Å². The van der Waals surface area contributed by atoms with Gasteiger partial charge in [-0.25, -0.2) is 4.79 Å². The Labute approximate surface area is 134 Å². The molecule has 1 aromatic heterocycles. The number of H-pyrrole nitrogens is 1. The van der Waals surface area contributed by atoms with E-state index in [1.807, 2.05) is 6.07 Å². The highest BCUT2D eigenvalue weighted by atomic mass is 16.2. The lowest BCUT2D eigenvalue weighted by molar-refractivity contribution is 0.102. The molecule has 5 heteroatoms. The zero-order chi connectivity index (χ0) is 15.5. The van der Waals surface area contributed by atoms with Gasteiger partial charge in [0.25, 0.3) is 5.56 Å². The molecule has 0 bridgehead atoms. The molecule has 23 heavy (non-hydrogen) atoms. The maximum Gasteiger partial charge on any atom is 0.328 e. The second-order valence-corrected chi connectivity index (χ2v) is 5.44. The van der Waals surface area contributed by atoms with Crippen LogP contribution in [0, 0.1) is 5.92 Å². The highest BCUT2D eigenvalue weighted by molar-refractivity contribution is 6.07. The molecule has 0 radical (unpaired) electrons. The van der Waals surface area contributed by atoms with Crippen molar-refractivity contribution in [3.8, 4) is 0 Å². The van der Waals surface area contributed by atoms with E-state index in [2.05, 4.69) is 17.1 Å². The van der Waals surface area contributed by atoms with Gasteiger partial charge in [0, 0.05) is 18.2 Å². The highest BCUT2D eigenvalue weighted by Crippen LogP contribution is 2.20. The molecule has 0 amide bonds. The lowest BCUT2D eigenvalue weighted by Gasteiger charge is -2.15. The molecular formula is C18H20N2O3. The number of hydrogen-bond donors (Lipinski definition) is 1. The molecule has 0 saturated carbocycles. The van der Waals surface area contributed by atoms with Crippen LogP contribution in [0.25, 0.3) is 0 Å². The summed E-state index contributed by atoms with van der Waals surface area (Å²) in [5.41, 5.74) is -0.471. The fourth-order valence-electron chi connectivity index (χ4n) is 2.71. The van der Waals surface area contributed by atoms with Gasteiger partial charge in [-0.15, -0.1) is 0 Å². The van der Waals surface area contributed by atoms with E-state index in [-0.39, 0.29) is 24.8 Å². The lowest BCUT2D eigenvalue weighted by Crippen LogP contribution is -2.35. The Hall–Kier alpha value is -2.69. The zero-order valence-electron chi connectivity index (χ0n) is 12.0. The summed E-state index contributed by atoms with van der Waals surface area (Å²) in [5, 5.41) is 0. The van der Waals surface area contributed by atoms with Crippen molar-refractivity contribution in [2.45, 2.75) is 26.8 Å². The summed E-state index contributed by atoms with van der Waals surface area (Å²) in [6, 6.07) is 9.88. The summed E-state index contributed by atoms with van der Waals surface area (Å²) in [5.74, 6) is -0.0271. The van der Waals surface area contributed by atoms with Gasteiger partial charge in [-0.05, 0) is 18.8 Å². The van der Waals surface area contributed by atoms with Crippen LogP contribution in [0.2, 0.25) is 0 Å². The molecule has 0 unspecified atom stereocenters. The summed E-state index contributed by atoms with van der Waals surface area (Å²) < 4.78 is 1.38. The molecule has 3 rings (SSSR count). The van der Waals surface area contributed by atoms with Gasteiger partial charge in [-0.1, -0.05) is 49.9 Å². The van der Waals surface area contributed by atoms with Crippen LogP contribution in [0.1, 0.15) is 36.3 Å². The van der Waals surface area contributed by atoms with E-state index in [0.717, 1.165) is 12.8 Å². The molecule has 0 spiro atoms. The van der Waals surface area contributed by atoms with E-state index < -0.39 is 11.2 Å². The molecular weight excluding hydrogens is 292 g/mol. The standard InChI is InChI=1S/C17H16N2O3.CH4/c20-15-10-14(16(21)13-8-2-1-3-9-13)19(17(22)18-15)11-12-6-4-5-7-12;/h1-5,8-10,12H,6-7,11H2,(H,18,20,22);1H4. The number of nitrogens with zero attached hydrogens (tertiary/aromatic N) is 1. The minimum Gasteiger partial charge on any atom is -0.290 e. The summed E-state index contributed by atoms with van der Waals surface area (Å²) in [4.78, 5) is 38.6. The summed E-state index contributed by atoms with van der Waals surface area (Å²) >= 11 is 0. The second-order valence-electron chi connectivity index (χ2n) is 5.44. The van der Waals surface area contributed by atoms with Gasteiger partial charge < -0.3 is 0 Å². The molecule has 1 heterocycles. The van der Waals surface area contributed by atoms with Crippen LogP contribution in [-0.2, 0) is 6.54 Å². The SMILES string of the molecule is C.O=C(c1ccccc1)c1cc(=O)[nH]c(=O)n1CC1CC=CC1. The van der Waals surface area contributed by atoms with Crippen molar-refractivity contribution in [2.24, 2.45) is 5.92 Å². The third-order valence-corrected chi connectivity index (χ3v) is 3.85. The smallest absolute Gasteiger partial charge is 0.290 e. The van der Waals surface area contributed by atoms with Gasteiger partial charge in [0.2, 0.25) is 5.78 Å². The van der Waals surface area contributed by atoms with Gasteiger partial charge in [-0.2, -0.15) is 0 Å². The molecule has 0 fully saturated rings. The number of carbonyl (C=O) groups excluding carboxylic acids is 1. The van der Waals surface area contributed by atoms with Crippen LogP contribution in [-0.4, -0.2) is 15.3 Å². The minimum absolute atomic E-state index is 0. The topological polar surface area (TPSA) is 71.9 Å². The first-order chi connectivity index (χ1) is 10.6. The van der Waals surface area contributed by atoms with E-state index in [0.29, 0.717) is 12.1 Å². The normalized spacial score (nSPS) is 13.7. The third-order valence-electron chi connectivity index (χ3n) is 3.85. The second kappa shape index (κ2) is 7.05. The Kier molecular flexibility index (Phi) is 5.11. The Balaban J connectivity index is 0.00000192. The first kappa shape index (κ1) is 16.7. The largest absolute Gasteiger partial charge is 0.328 e. The fourth-order valence-corrected chi connectivity index (χ4v) is 2.71. The van der Waals surface area contributed by atoms with Crippen molar-refractivity contribution in [2.75, 3.05) is 0 Å². The number of rotatable bonds is 4. The lowest BCUT2D eigenvalue weighted by atomic mass is 10.1. The van der Waals surface area contributed by atoms with Crippen LogP contribution < -0.4 is 11.2 Å². The average molecular weight is 312 g/mol. The molecule has 2 aromatic rings. The number of hydrogen-bond acceptors (Lipinski definition) is 3. The molecule has 0 atom stereocenters. The molecule has 1 N–H and O–H groups in total. The Morgan fingerprint density at radius 3 is 2.43 bits per heavy atom. The third kappa shape index (κ3) is 3.56. The van der Waals surface area contributed by atoms with Gasteiger partial charge >= 0.3 is 5.69 Å². The van der Waals surface area contributed by atoms with Crippen LogP contribution in [0.15, 0.2) is 58.1 Å². The van der Waals surface area contributed by atoms with Crippen LogP contribution in [0.4, 0.5) is 0 Å². The first-order valence-electron chi connectivity index (χ1n) is 7.24. The average Bonchev–Trinajstić information content (AvgIpc) is 3.03. The highest BCUT2D eigenvalue weighted by Gasteiger charge is 2.19. The summed E-state index contributed by atoms with van der Waals surface area (Å²) in [6.45, 7) is 0.427. The number of carbonyl (C=O) groups is 1. The van der Waals surface area contributed by atoms with Crippen LogP contribution >= 0.6 is 0 Å². The number of aromatic nitrogens is 2. The van der Waals surface area contributed by atoms with Crippen LogP contribution in [0.5, 0.6) is 0 Å². The van der Waals surface area contributed by atoms with E-state index >= 15 is 0 Å². The van der Waals surface area contributed by atoms with E-state index in [4.69, 9.17) is 0 Å². The number of benzene rings is 1. The monoisotopic (exact) mass is 312 g/mol. The maximum atomic E-state index is 12.6. The molecule has 1 aliphatic rings. The minimum atomic E-state index is -0.551.